The second-order valence-corrected chi connectivity index (χ2v) is 9.15. The summed E-state index contributed by atoms with van der Waals surface area (Å²) >= 11 is 0. The fourth-order valence-electron chi connectivity index (χ4n) is 3.38. The smallest absolute Gasteiger partial charge is 0.306 e. The third-order valence-electron chi connectivity index (χ3n) is 5.69. The van der Waals surface area contributed by atoms with Crippen LogP contribution in [0.4, 0.5) is 0 Å². The molecular weight excluding hydrogens is 384 g/mol. The Morgan fingerprint density at radius 3 is 2.03 bits per heavy atom. The molecule has 0 fully saturated rings. The van der Waals surface area contributed by atoms with Gasteiger partial charge in [-0.25, -0.2) is 0 Å². The van der Waals surface area contributed by atoms with Gasteiger partial charge in [0.25, 0.3) is 0 Å². The van der Waals surface area contributed by atoms with Crippen LogP contribution < -0.4 is 0 Å². The van der Waals surface area contributed by atoms with Crippen molar-refractivity contribution in [1.82, 2.24) is 0 Å². The largest absolute Gasteiger partial charge is 0.461 e. The summed E-state index contributed by atoms with van der Waals surface area (Å²) < 4.78 is 5.33. The van der Waals surface area contributed by atoms with Gasteiger partial charge in [-0.3, -0.25) is 4.79 Å². The van der Waals surface area contributed by atoms with Crippen LogP contribution in [0, 0.1) is 0 Å². The molecule has 0 aromatic rings. The van der Waals surface area contributed by atoms with E-state index in [1.54, 1.807) is 13.0 Å². The molecule has 1 atom stereocenters. The predicted molar refractivity (Wildman–Crippen MR) is 134 cm³/mol. The van der Waals surface area contributed by atoms with E-state index in [-0.39, 0.29) is 5.97 Å². The molecule has 0 spiro atoms. The van der Waals surface area contributed by atoms with E-state index in [1.807, 2.05) is 13.0 Å². The normalized spacial score (nSPS) is 14.0. The van der Waals surface area contributed by atoms with Gasteiger partial charge in [-0.1, -0.05) is 82.6 Å². The number of hydrogen-bond acceptors (Lipinski definition) is 3. The van der Waals surface area contributed by atoms with E-state index < -0.39 is 5.60 Å². The average Bonchev–Trinajstić information content (AvgIpc) is 2.75. The van der Waals surface area contributed by atoms with Gasteiger partial charge in [-0.2, -0.15) is 0 Å². The highest BCUT2D eigenvalue weighted by Gasteiger charge is 2.13. The van der Waals surface area contributed by atoms with Crippen LogP contribution in [-0.4, -0.2) is 23.3 Å². The molecule has 3 nitrogen and oxygen atoms in total. The third kappa shape index (κ3) is 21.7. The Morgan fingerprint density at radius 1 is 0.903 bits per heavy atom. The first-order valence-corrected chi connectivity index (χ1v) is 12.7. The second-order valence-electron chi connectivity index (χ2n) is 9.15. The van der Waals surface area contributed by atoms with Crippen LogP contribution in [0.2, 0.25) is 0 Å². The van der Waals surface area contributed by atoms with Gasteiger partial charge in [-0.05, 0) is 64.4 Å². The Morgan fingerprint density at radius 2 is 1.45 bits per heavy atom. The zero-order valence-corrected chi connectivity index (χ0v) is 20.8. The second kappa shape index (κ2) is 20.5. The van der Waals surface area contributed by atoms with E-state index in [0.29, 0.717) is 19.4 Å². The van der Waals surface area contributed by atoms with Gasteiger partial charge in [0, 0.05) is 6.42 Å². The highest BCUT2D eigenvalue weighted by Crippen LogP contribution is 2.14. The highest BCUT2D eigenvalue weighted by atomic mass is 16.5. The summed E-state index contributed by atoms with van der Waals surface area (Å²) in [4.78, 5) is 11.8. The summed E-state index contributed by atoms with van der Waals surface area (Å²) in [6.45, 7) is 9.94. The number of hydrogen-bond donors (Lipinski definition) is 1. The van der Waals surface area contributed by atoms with Crippen LogP contribution in [0.3, 0.4) is 0 Å². The Hall–Kier alpha value is -1.35. The topological polar surface area (TPSA) is 46.5 Å². The maximum atomic E-state index is 11.8. The molecule has 0 rings (SSSR count). The molecule has 0 unspecified atom stereocenters. The fourth-order valence-corrected chi connectivity index (χ4v) is 3.38. The summed E-state index contributed by atoms with van der Waals surface area (Å²) in [5.41, 5.74) is 0.190. The predicted octanol–water partition coefficient (Wildman–Crippen LogP) is 8.23. The maximum Gasteiger partial charge on any atom is 0.306 e. The molecule has 0 aromatic heterocycles. The van der Waals surface area contributed by atoms with Crippen molar-refractivity contribution in [2.45, 2.75) is 129 Å². The number of carbonyl (C=O) groups excluding carboxylic acids is 1. The average molecular weight is 435 g/mol. The summed E-state index contributed by atoms with van der Waals surface area (Å²) in [5.74, 6) is -0.108. The fraction of sp³-hybridized carbons (Fsp3) is 0.750. The van der Waals surface area contributed by atoms with E-state index in [0.717, 1.165) is 24.8 Å². The van der Waals surface area contributed by atoms with Gasteiger partial charge in [0.05, 0.1) is 5.60 Å². The summed E-state index contributed by atoms with van der Waals surface area (Å²) in [7, 11) is 0. The van der Waals surface area contributed by atoms with Gasteiger partial charge in [0.2, 0.25) is 0 Å². The van der Waals surface area contributed by atoms with Crippen molar-refractivity contribution in [2.75, 3.05) is 6.61 Å². The lowest BCUT2D eigenvalue weighted by Gasteiger charge is -2.16. The van der Waals surface area contributed by atoms with E-state index in [2.05, 4.69) is 25.7 Å². The Bertz CT molecular complexity index is 502. The van der Waals surface area contributed by atoms with Crippen LogP contribution in [0.1, 0.15) is 124 Å². The molecule has 0 bridgehead atoms. The maximum absolute atomic E-state index is 11.8. The molecule has 31 heavy (non-hydrogen) atoms. The molecule has 0 amide bonds. The number of allylic oxidation sites excluding steroid dienone is 3. The van der Waals surface area contributed by atoms with E-state index in [1.165, 1.54) is 70.6 Å². The quantitative estimate of drug-likeness (QED) is 0.112. The Kier molecular flexibility index (Phi) is 19.7. The van der Waals surface area contributed by atoms with Crippen molar-refractivity contribution >= 4 is 5.97 Å². The van der Waals surface area contributed by atoms with Crippen molar-refractivity contribution in [2.24, 2.45) is 0 Å². The molecule has 0 saturated heterocycles. The summed E-state index contributed by atoms with van der Waals surface area (Å²) in [5, 5.41) is 9.88. The van der Waals surface area contributed by atoms with Crippen molar-refractivity contribution in [3.8, 4) is 0 Å². The number of ether oxygens (including phenoxy) is 1. The van der Waals surface area contributed by atoms with Crippen molar-refractivity contribution in [1.29, 1.82) is 0 Å². The lowest BCUT2D eigenvalue weighted by atomic mass is 10.00. The zero-order chi connectivity index (χ0) is 23.2. The Labute approximate surface area is 193 Å². The molecule has 3 heteroatoms. The molecular formula is C28H50O3. The van der Waals surface area contributed by atoms with Crippen LogP contribution >= 0.6 is 0 Å². The van der Waals surface area contributed by atoms with Crippen LogP contribution in [-0.2, 0) is 9.53 Å². The molecule has 0 heterocycles. The van der Waals surface area contributed by atoms with Gasteiger partial charge in [0.15, 0.2) is 0 Å². The number of esters is 1. The molecule has 0 saturated carbocycles. The van der Waals surface area contributed by atoms with Gasteiger partial charge >= 0.3 is 5.97 Å². The molecule has 0 aromatic carbocycles. The number of aliphatic hydroxyl groups is 1. The lowest BCUT2D eigenvalue weighted by molar-refractivity contribution is -0.142. The third-order valence-corrected chi connectivity index (χ3v) is 5.69. The minimum atomic E-state index is -0.836. The van der Waals surface area contributed by atoms with E-state index >= 15 is 0 Å². The molecule has 0 radical (unpaired) electrons. The standard InChI is InChI=1S/C28H50O3/c1-5-7-8-9-10-11-12-13-14-15-16-17-18-19-20-23-27(29)31-25-26(3)22-21-24-28(4,30)6-2/h6,13-14,22,30H,2,5,7-12,15-21,23-25H2,1,3-4H3/b14-13-,26-22+/t28-/m1/s1. The SMILES string of the molecule is C=C[C@@](C)(O)CC/C=C(\C)COC(=O)CCCCCCC/C=C\CCCCCCCC. The summed E-state index contributed by atoms with van der Waals surface area (Å²) in [6, 6.07) is 0. The zero-order valence-electron chi connectivity index (χ0n) is 20.8. The van der Waals surface area contributed by atoms with Gasteiger partial charge < -0.3 is 9.84 Å². The first-order valence-electron chi connectivity index (χ1n) is 12.7. The highest BCUT2D eigenvalue weighted by molar-refractivity contribution is 5.69. The molecule has 180 valence electrons. The van der Waals surface area contributed by atoms with Crippen LogP contribution in [0.15, 0.2) is 36.5 Å². The molecule has 1 N–H and O–H groups in total. The van der Waals surface area contributed by atoms with E-state index in [9.17, 15) is 9.90 Å². The minimum absolute atomic E-state index is 0.108. The van der Waals surface area contributed by atoms with Crippen molar-refractivity contribution in [3.63, 3.8) is 0 Å². The van der Waals surface area contributed by atoms with Crippen molar-refractivity contribution < 1.29 is 14.6 Å². The number of rotatable bonds is 21. The molecule has 0 aliphatic carbocycles. The Balaban J connectivity index is 3.50. The van der Waals surface area contributed by atoms with E-state index in [4.69, 9.17) is 4.74 Å². The number of unbranched alkanes of at least 4 members (excludes halogenated alkanes) is 11. The van der Waals surface area contributed by atoms with Crippen LogP contribution in [0.5, 0.6) is 0 Å². The van der Waals surface area contributed by atoms with Crippen molar-refractivity contribution in [3.05, 3.63) is 36.5 Å². The van der Waals surface area contributed by atoms with Crippen LogP contribution in [0.25, 0.3) is 0 Å². The first kappa shape index (κ1) is 29.7. The minimum Gasteiger partial charge on any atom is -0.461 e. The van der Waals surface area contributed by atoms with Gasteiger partial charge in [0.1, 0.15) is 6.61 Å². The molecule has 0 aliphatic heterocycles. The number of carbonyl (C=O) groups is 1. The lowest BCUT2D eigenvalue weighted by Crippen LogP contribution is -2.19. The first-order chi connectivity index (χ1) is 14.9. The molecule has 0 aliphatic rings. The van der Waals surface area contributed by atoms with Gasteiger partial charge in [-0.15, -0.1) is 6.58 Å². The monoisotopic (exact) mass is 434 g/mol. The summed E-state index contributed by atoms with van der Waals surface area (Å²) in [6.07, 6.45) is 26.5.